The highest BCUT2D eigenvalue weighted by molar-refractivity contribution is 5.92. The van der Waals surface area contributed by atoms with Gasteiger partial charge in [-0.15, -0.1) is 0 Å². The SMILES string of the molecule is CC(=O)c1ccc(C=CCCNC(=O)OC(C)(C)C)cn1. The summed E-state index contributed by atoms with van der Waals surface area (Å²) in [5.41, 5.74) is 0.889. The summed E-state index contributed by atoms with van der Waals surface area (Å²) in [4.78, 5) is 26.5. The largest absolute Gasteiger partial charge is 0.444 e. The number of alkyl carbamates (subject to hydrolysis) is 1. The van der Waals surface area contributed by atoms with Gasteiger partial charge in [0.05, 0.1) is 0 Å². The molecule has 1 aromatic heterocycles. The van der Waals surface area contributed by atoms with Crippen molar-refractivity contribution in [3.8, 4) is 0 Å². The van der Waals surface area contributed by atoms with Gasteiger partial charge in [0, 0.05) is 19.7 Å². The first-order valence-electron chi connectivity index (χ1n) is 6.88. The number of ketones is 1. The first kappa shape index (κ1) is 16.9. The molecule has 0 unspecified atom stereocenters. The van der Waals surface area contributed by atoms with Crippen LogP contribution in [0.4, 0.5) is 4.79 Å². The number of amides is 1. The molecule has 0 aliphatic carbocycles. The summed E-state index contributed by atoms with van der Waals surface area (Å²) in [6, 6.07) is 3.53. The topological polar surface area (TPSA) is 68.3 Å². The van der Waals surface area contributed by atoms with Crippen molar-refractivity contribution in [2.45, 2.75) is 39.7 Å². The summed E-state index contributed by atoms with van der Waals surface area (Å²) in [5.74, 6) is -0.0490. The van der Waals surface area contributed by atoms with Gasteiger partial charge >= 0.3 is 6.09 Å². The van der Waals surface area contributed by atoms with Crippen LogP contribution in [0.15, 0.2) is 24.4 Å². The van der Waals surface area contributed by atoms with E-state index >= 15 is 0 Å². The number of pyridine rings is 1. The van der Waals surface area contributed by atoms with Gasteiger partial charge in [0.15, 0.2) is 5.78 Å². The molecule has 1 heterocycles. The lowest BCUT2D eigenvalue weighted by Gasteiger charge is -2.19. The van der Waals surface area contributed by atoms with Crippen LogP contribution in [-0.2, 0) is 4.74 Å². The van der Waals surface area contributed by atoms with Crippen molar-refractivity contribution in [2.24, 2.45) is 0 Å². The van der Waals surface area contributed by atoms with E-state index in [-0.39, 0.29) is 5.78 Å². The molecule has 0 fully saturated rings. The van der Waals surface area contributed by atoms with Crippen LogP contribution in [0.1, 0.15) is 50.2 Å². The lowest BCUT2D eigenvalue weighted by molar-refractivity contribution is 0.0528. The molecule has 0 saturated carbocycles. The third-order valence-electron chi connectivity index (χ3n) is 2.44. The van der Waals surface area contributed by atoms with Crippen LogP contribution in [0.3, 0.4) is 0 Å². The van der Waals surface area contributed by atoms with Gasteiger partial charge in [0.25, 0.3) is 0 Å². The maximum Gasteiger partial charge on any atom is 0.407 e. The number of rotatable bonds is 5. The van der Waals surface area contributed by atoms with Gasteiger partial charge in [0.2, 0.25) is 0 Å². The zero-order valence-electron chi connectivity index (χ0n) is 13.0. The quantitative estimate of drug-likeness (QED) is 0.668. The average molecular weight is 290 g/mol. The molecule has 21 heavy (non-hydrogen) atoms. The fourth-order valence-corrected chi connectivity index (χ4v) is 1.50. The molecule has 0 atom stereocenters. The maximum absolute atomic E-state index is 11.4. The molecule has 5 nitrogen and oxygen atoms in total. The molecule has 1 aromatic rings. The van der Waals surface area contributed by atoms with E-state index in [9.17, 15) is 9.59 Å². The van der Waals surface area contributed by atoms with Crippen LogP contribution in [0.2, 0.25) is 0 Å². The van der Waals surface area contributed by atoms with Crippen molar-refractivity contribution < 1.29 is 14.3 Å². The predicted molar refractivity (Wildman–Crippen MR) is 82.1 cm³/mol. The number of Topliss-reactive ketones (excluding diaryl/α,β-unsaturated/α-hetero) is 1. The van der Waals surface area contributed by atoms with Crippen molar-refractivity contribution in [1.82, 2.24) is 10.3 Å². The summed E-state index contributed by atoms with van der Waals surface area (Å²) in [6.07, 6.45) is 5.75. The van der Waals surface area contributed by atoms with E-state index in [0.29, 0.717) is 18.7 Å². The summed E-state index contributed by atoms with van der Waals surface area (Å²) in [5, 5.41) is 2.68. The van der Waals surface area contributed by atoms with Crippen LogP contribution in [-0.4, -0.2) is 29.0 Å². The Bertz CT molecular complexity index is 513. The van der Waals surface area contributed by atoms with Gasteiger partial charge < -0.3 is 10.1 Å². The number of ether oxygens (including phenoxy) is 1. The van der Waals surface area contributed by atoms with Crippen molar-refractivity contribution >= 4 is 18.0 Å². The molecule has 0 aromatic carbocycles. The highest BCUT2D eigenvalue weighted by atomic mass is 16.6. The number of hydrogen-bond acceptors (Lipinski definition) is 4. The van der Waals surface area contributed by atoms with E-state index in [0.717, 1.165) is 5.56 Å². The second-order valence-electron chi connectivity index (χ2n) is 5.65. The Morgan fingerprint density at radius 3 is 2.57 bits per heavy atom. The Balaban J connectivity index is 2.32. The van der Waals surface area contributed by atoms with E-state index in [1.807, 2.05) is 39.0 Å². The van der Waals surface area contributed by atoms with E-state index < -0.39 is 11.7 Å². The molecule has 1 amide bonds. The summed E-state index contributed by atoms with van der Waals surface area (Å²) >= 11 is 0. The lowest BCUT2D eigenvalue weighted by atomic mass is 10.2. The van der Waals surface area contributed by atoms with Crippen LogP contribution >= 0.6 is 0 Å². The standard InChI is InChI=1S/C16H22N2O3/c1-12(19)14-9-8-13(11-18-14)7-5-6-10-17-15(20)21-16(2,3)4/h5,7-9,11H,6,10H2,1-4H3,(H,17,20). The van der Waals surface area contributed by atoms with Gasteiger partial charge in [-0.05, 0) is 38.8 Å². The lowest BCUT2D eigenvalue weighted by Crippen LogP contribution is -2.32. The molecule has 5 heteroatoms. The molecule has 1 rings (SSSR count). The van der Waals surface area contributed by atoms with Gasteiger partial charge in [-0.2, -0.15) is 0 Å². The zero-order chi connectivity index (χ0) is 15.9. The Morgan fingerprint density at radius 1 is 1.33 bits per heavy atom. The first-order valence-corrected chi connectivity index (χ1v) is 6.88. The van der Waals surface area contributed by atoms with Gasteiger partial charge in [-0.25, -0.2) is 4.79 Å². The highest BCUT2D eigenvalue weighted by Crippen LogP contribution is 2.06. The fraction of sp³-hybridized carbons (Fsp3) is 0.438. The fourth-order valence-electron chi connectivity index (χ4n) is 1.50. The number of aromatic nitrogens is 1. The van der Waals surface area contributed by atoms with Crippen LogP contribution in [0, 0.1) is 0 Å². The highest BCUT2D eigenvalue weighted by Gasteiger charge is 2.15. The normalized spacial score (nSPS) is 11.4. The Kier molecular flexibility index (Phi) is 6.09. The predicted octanol–water partition coefficient (Wildman–Crippen LogP) is 3.21. The Morgan fingerprint density at radius 2 is 2.05 bits per heavy atom. The number of carbonyl (C=O) groups is 2. The van der Waals surface area contributed by atoms with Crippen LogP contribution < -0.4 is 5.32 Å². The van der Waals surface area contributed by atoms with Crippen LogP contribution in [0.5, 0.6) is 0 Å². The smallest absolute Gasteiger partial charge is 0.407 e. The average Bonchev–Trinajstić information content (AvgIpc) is 2.36. The van der Waals surface area contributed by atoms with Crippen molar-refractivity contribution in [3.63, 3.8) is 0 Å². The number of hydrogen-bond donors (Lipinski definition) is 1. The first-order chi connectivity index (χ1) is 9.78. The van der Waals surface area contributed by atoms with E-state index in [2.05, 4.69) is 10.3 Å². The molecule has 114 valence electrons. The third-order valence-corrected chi connectivity index (χ3v) is 2.44. The molecule has 0 bridgehead atoms. The van der Waals surface area contributed by atoms with Gasteiger partial charge in [-0.1, -0.05) is 18.2 Å². The maximum atomic E-state index is 11.4. The van der Waals surface area contributed by atoms with Crippen LogP contribution in [0.25, 0.3) is 6.08 Å². The van der Waals surface area contributed by atoms with Crippen molar-refractivity contribution in [2.75, 3.05) is 6.54 Å². The molecular formula is C16H22N2O3. The van der Waals surface area contributed by atoms with Gasteiger partial charge in [-0.3, -0.25) is 9.78 Å². The third kappa shape index (κ3) is 7.25. The summed E-state index contributed by atoms with van der Waals surface area (Å²) < 4.78 is 5.12. The summed E-state index contributed by atoms with van der Waals surface area (Å²) in [7, 11) is 0. The summed E-state index contributed by atoms with van der Waals surface area (Å²) in [6.45, 7) is 7.46. The zero-order valence-corrected chi connectivity index (χ0v) is 13.0. The molecule has 1 N–H and O–H groups in total. The van der Waals surface area contributed by atoms with E-state index in [4.69, 9.17) is 4.74 Å². The molecule has 0 aliphatic rings. The minimum atomic E-state index is -0.482. The molecular weight excluding hydrogens is 268 g/mol. The minimum absolute atomic E-state index is 0.0490. The molecule has 0 radical (unpaired) electrons. The number of nitrogens with one attached hydrogen (secondary N) is 1. The molecule has 0 saturated heterocycles. The molecule has 0 spiro atoms. The Hall–Kier alpha value is -2.17. The van der Waals surface area contributed by atoms with Crippen molar-refractivity contribution in [1.29, 1.82) is 0 Å². The molecule has 0 aliphatic heterocycles. The van der Waals surface area contributed by atoms with E-state index in [1.54, 1.807) is 12.3 Å². The Labute approximate surface area is 125 Å². The van der Waals surface area contributed by atoms with Gasteiger partial charge in [0.1, 0.15) is 11.3 Å². The monoisotopic (exact) mass is 290 g/mol. The second-order valence-corrected chi connectivity index (χ2v) is 5.65. The van der Waals surface area contributed by atoms with Crippen molar-refractivity contribution in [3.05, 3.63) is 35.7 Å². The van der Waals surface area contributed by atoms with E-state index in [1.165, 1.54) is 6.92 Å². The second kappa shape index (κ2) is 7.57. The minimum Gasteiger partial charge on any atom is -0.444 e. The number of nitrogens with zero attached hydrogens (tertiary/aromatic N) is 1. The number of carbonyl (C=O) groups excluding carboxylic acids is 2.